The maximum absolute atomic E-state index is 12.8. The van der Waals surface area contributed by atoms with Gasteiger partial charge in [0.1, 0.15) is 18.1 Å². The Morgan fingerprint density at radius 3 is 2.59 bits per heavy atom. The van der Waals surface area contributed by atoms with Crippen LogP contribution in [-0.2, 0) is 16.1 Å². The van der Waals surface area contributed by atoms with Crippen molar-refractivity contribution in [3.05, 3.63) is 47.9 Å². The highest BCUT2D eigenvalue weighted by atomic mass is 19.4. The van der Waals surface area contributed by atoms with Crippen LogP contribution in [0, 0.1) is 6.92 Å². The molecule has 2 amide bonds. The summed E-state index contributed by atoms with van der Waals surface area (Å²) in [5.74, 6) is -0.781. The van der Waals surface area contributed by atoms with E-state index in [0.717, 1.165) is 5.56 Å². The summed E-state index contributed by atoms with van der Waals surface area (Å²) >= 11 is 0. The van der Waals surface area contributed by atoms with Crippen LogP contribution in [0.1, 0.15) is 18.2 Å². The Morgan fingerprint density at radius 1 is 1.26 bits per heavy atom. The molecule has 0 unspecified atom stereocenters. The zero-order valence-electron chi connectivity index (χ0n) is 14.8. The molecule has 0 saturated carbocycles. The number of hydrogen-bond acceptors (Lipinski definition) is 4. The minimum absolute atomic E-state index is 0.198. The fourth-order valence-electron chi connectivity index (χ4n) is 2.31. The number of ether oxygens (including phenoxy) is 1. The molecular formula is C18H19F3N2O4. The second kappa shape index (κ2) is 8.61. The topological polar surface area (TPSA) is 71.8 Å². The van der Waals surface area contributed by atoms with E-state index in [1.807, 2.05) is 0 Å². The van der Waals surface area contributed by atoms with Crippen LogP contribution < -0.4 is 10.1 Å². The number of halogens is 3. The first kappa shape index (κ1) is 20.3. The van der Waals surface area contributed by atoms with Crippen LogP contribution in [0.2, 0.25) is 0 Å². The number of rotatable bonds is 7. The average Bonchev–Trinajstić information content (AvgIpc) is 3.05. The van der Waals surface area contributed by atoms with Crippen molar-refractivity contribution in [2.24, 2.45) is 0 Å². The molecule has 1 aromatic carbocycles. The number of amides is 2. The number of benzene rings is 1. The summed E-state index contributed by atoms with van der Waals surface area (Å²) in [6.45, 7) is 0.707. The number of aryl methyl sites for hydroxylation is 1. The molecule has 0 aliphatic carbocycles. The SMILES string of the molecule is CC(=O)Nc1ccc(C)cc1OCC(=O)N(Cc1ccco1)CC(F)(F)F. The van der Waals surface area contributed by atoms with Crippen molar-refractivity contribution in [3.63, 3.8) is 0 Å². The van der Waals surface area contributed by atoms with E-state index >= 15 is 0 Å². The number of furan rings is 1. The molecule has 6 nitrogen and oxygen atoms in total. The Labute approximate surface area is 153 Å². The molecule has 1 aromatic heterocycles. The number of nitrogens with zero attached hydrogens (tertiary/aromatic N) is 1. The quantitative estimate of drug-likeness (QED) is 0.793. The highest BCUT2D eigenvalue weighted by Gasteiger charge is 2.33. The Kier molecular flexibility index (Phi) is 6.49. The third kappa shape index (κ3) is 6.69. The molecule has 146 valence electrons. The molecule has 0 radical (unpaired) electrons. The summed E-state index contributed by atoms with van der Waals surface area (Å²) in [6.07, 6.45) is -3.25. The van der Waals surface area contributed by atoms with Gasteiger partial charge in [-0.15, -0.1) is 0 Å². The summed E-state index contributed by atoms with van der Waals surface area (Å²) in [5.41, 5.74) is 1.13. The number of hydrogen-bond donors (Lipinski definition) is 1. The van der Waals surface area contributed by atoms with Crippen molar-refractivity contribution < 1.29 is 31.9 Å². The van der Waals surface area contributed by atoms with E-state index in [1.54, 1.807) is 25.1 Å². The van der Waals surface area contributed by atoms with Gasteiger partial charge in [0.05, 0.1) is 18.5 Å². The second-order valence-corrected chi connectivity index (χ2v) is 5.91. The Bertz CT molecular complexity index is 788. The van der Waals surface area contributed by atoms with Gasteiger partial charge < -0.3 is 19.4 Å². The van der Waals surface area contributed by atoms with Crippen molar-refractivity contribution in [3.8, 4) is 5.75 Å². The zero-order chi connectivity index (χ0) is 20.0. The van der Waals surface area contributed by atoms with Gasteiger partial charge in [0.15, 0.2) is 6.61 Å². The summed E-state index contributed by atoms with van der Waals surface area (Å²) < 4.78 is 48.8. The van der Waals surface area contributed by atoms with Gasteiger partial charge in [0.2, 0.25) is 5.91 Å². The molecule has 0 atom stereocenters. The Morgan fingerprint density at radius 2 is 2.00 bits per heavy atom. The first-order valence-corrected chi connectivity index (χ1v) is 8.02. The molecule has 1 N–H and O–H groups in total. The van der Waals surface area contributed by atoms with Crippen LogP contribution in [-0.4, -0.2) is 36.0 Å². The maximum Gasteiger partial charge on any atom is 0.406 e. The minimum Gasteiger partial charge on any atom is -0.482 e. The summed E-state index contributed by atoms with van der Waals surface area (Å²) in [6, 6.07) is 7.90. The van der Waals surface area contributed by atoms with E-state index in [0.29, 0.717) is 10.6 Å². The van der Waals surface area contributed by atoms with Crippen LogP contribution >= 0.6 is 0 Å². The average molecular weight is 384 g/mol. The largest absolute Gasteiger partial charge is 0.482 e. The smallest absolute Gasteiger partial charge is 0.406 e. The highest BCUT2D eigenvalue weighted by molar-refractivity contribution is 5.90. The molecule has 0 fully saturated rings. The molecule has 0 aliphatic heterocycles. The normalized spacial score (nSPS) is 11.1. The second-order valence-electron chi connectivity index (χ2n) is 5.91. The lowest BCUT2D eigenvalue weighted by atomic mass is 10.2. The van der Waals surface area contributed by atoms with Gasteiger partial charge in [-0.05, 0) is 36.8 Å². The first-order valence-electron chi connectivity index (χ1n) is 8.02. The number of alkyl halides is 3. The molecule has 1 heterocycles. The van der Waals surface area contributed by atoms with E-state index in [-0.39, 0.29) is 24.0 Å². The maximum atomic E-state index is 12.8. The van der Waals surface area contributed by atoms with E-state index in [9.17, 15) is 22.8 Å². The van der Waals surface area contributed by atoms with Gasteiger partial charge >= 0.3 is 6.18 Å². The van der Waals surface area contributed by atoms with Crippen LogP contribution in [0.3, 0.4) is 0 Å². The lowest BCUT2D eigenvalue weighted by molar-refractivity contribution is -0.164. The highest BCUT2D eigenvalue weighted by Crippen LogP contribution is 2.26. The molecule has 0 bridgehead atoms. The van der Waals surface area contributed by atoms with Crippen LogP contribution in [0.5, 0.6) is 5.75 Å². The lowest BCUT2D eigenvalue weighted by Gasteiger charge is -2.23. The number of anilines is 1. The van der Waals surface area contributed by atoms with Crippen molar-refractivity contribution >= 4 is 17.5 Å². The van der Waals surface area contributed by atoms with Gasteiger partial charge in [-0.1, -0.05) is 6.07 Å². The zero-order valence-corrected chi connectivity index (χ0v) is 14.8. The van der Waals surface area contributed by atoms with E-state index in [4.69, 9.17) is 9.15 Å². The fraction of sp³-hybridized carbons (Fsp3) is 0.333. The third-order valence-electron chi connectivity index (χ3n) is 3.45. The number of carbonyl (C=O) groups is 2. The standard InChI is InChI=1S/C18H19F3N2O4/c1-12-5-6-15(22-13(2)24)16(8-12)27-10-17(25)23(11-18(19,20)21)9-14-4-3-7-26-14/h3-8H,9-11H2,1-2H3,(H,22,24). The van der Waals surface area contributed by atoms with Crippen molar-refractivity contribution in [2.45, 2.75) is 26.6 Å². The van der Waals surface area contributed by atoms with E-state index < -0.39 is 25.2 Å². The minimum atomic E-state index is -4.56. The van der Waals surface area contributed by atoms with Gasteiger partial charge in [0.25, 0.3) is 5.91 Å². The summed E-state index contributed by atoms with van der Waals surface area (Å²) in [4.78, 5) is 24.2. The summed E-state index contributed by atoms with van der Waals surface area (Å²) in [7, 11) is 0. The van der Waals surface area contributed by atoms with Crippen LogP contribution in [0.4, 0.5) is 18.9 Å². The molecule has 0 aliphatic rings. The molecular weight excluding hydrogens is 365 g/mol. The molecule has 9 heteroatoms. The van der Waals surface area contributed by atoms with E-state index in [1.165, 1.54) is 25.3 Å². The number of carbonyl (C=O) groups excluding carboxylic acids is 2. The van der Waals surface area contributed by atoms with Gasteiger partial charge in [0, 0.05) is 6.92 Å². The predicted molar refractivity (Wildman–Crippen MR) is 91.2 cm³/mol. The molecule has 0 spiro atoms. The Balaban J connectivity index is 2.10. The third-order valence-corrected chi connectivity index (χ3v) is 3.45. The number of nitrogens with one attached hydrogen (secondary N) is 1. The monoisotopic (exact) mass is 384 g/mol. The molecule has 27 heavy (non-hydrogen) atoms. The predicted octanol–water partition coefficient (Wildman–Crippen LogP) is 3.52. The fourth-order valence-corrected chi connectivity index (χ4v) is 2.31. The lowest BCUT2D eigenvalue weighted by Crippen LogP contribution is -2.40. The summed E-state index contributed by atoms with van der Waals surface area (Å²) in [5, 5.41) is 2.54. The van der Waals surface area contributed by atoms with Gasteiger partial charge in [-0.2, -0.15) is 13.2 Å². The van der Waals surface area contributed by atoms with E-state index in [2.05, 4.69) is 5.32 Å². The van der Waals surface area contributed by atoms with Gasteiger partial charge in [-0.3, -0.25) is 9.59 Å². The van der Waals surface area contributed by atoms with Gasteiger partial charge in [-0.25, -0.2) is 0 Å². The molecule has 2 rings (SSSR count). The van der Waals surface area contributed by atoms with Crippen molar-refractivity contribution in [1.82, 2.24) is 4.90 Å². The van der Waals surface area contributed by atoms with Crippen LogP contribution in [0.25, 0.3) is 0 Å². The molecule has 2 aromatic rings. The van der Waals surface area contributed by atoms with Crippen molar-refractivity contribution in [1.29, 1.82) is 0 Å². The van der Waals surface area contributed by atoms with Crippen molar-refractivity contribution in [2.75, 3.05) is 18.5 Å². The first-order chi connectivity index (χ1) is 12.6. The van der Waals surface area contributed by atoms with Crippen LogP contribution in [0.15, 0.2) is 41.0 Å². The Hall–Kier alpha value is -2.97. The molecule has 0 saturated heterocycles.